The number of fused-ring (bicyclic) bond motifs is 1. The van der Waals surface area contributed by atoms with Gasteiger partial charge in [-0.3, -0.25) is 9.59 Å². The lowest BCUT2D eigenvalue weighted by Crippen LogP contribution is -2.49. The van der Waals surface area contributed by atoms with Crippen LogP contribution in [0.5, 0.6) is 0 Å². The van der Waals surface area contributed by atoms with Crippen molar-refractivity contribution in [3.05, 3.63) is 45.1 Å². The summed E-state index contributed by atoms with van der Waals surface area (Å²) < 4.78 is 66.3. The summed E-state index contributed by atoms with van der Waals surface area (Å²) >= 11 is 0. The Balaban J connectivity index is 1.27. The van der Waals surface area contributed by atoms with Crippen LogP contribution in [-0.4, -0.2) is 63.7 Å². The van der Waals surface area contributed by atoms with Gasteiger partial charge in [0.2, 0.25) is 11.9 Å². The van der Waals surface area contributed by atoms with E-state index in [1.54, 1.807) is 9.80 Å². The molecule has 2 aliphatic rings. The molecule has 3 heterocycles. The normalized spacial score (nSPS) is 18.6. The zero-order chi connectivity index (χ0) is 25.4. The average molecular weight is 519 g/mol. The molecule has 9 nitrogen and oxygen atoms in total. The van der Waals surface area contributed by atoms with Gasteiger partial charge in [0.1, 0.15) is 5.56 Å². The van der Waals surface area contributed by atoms with E-state index in [-0.39, 0.29) is 42.1 Å². The molecule has 0 bridgehead atoms. The summed E-state index contributed by atoms with van der Waals surface area (Å²) in [6.07, 6.45) is -2.07. The molecule has 2 aromatic heterocycles. The molecule has 0 spiro atoms. The fourth-order valence-electron chi connectivity index (χ4n) is 4.29. The van der Waals surface area contributed by atoms with Crippen molar-refractivity contribution in [2.24, 2.45) is 0 Å². The molecule has 2 atom stereocenters. The molecule has 15 heteroatoms. The number of piperazine rings is 1. The third kappa shape index (κ3) is 5.58. The first-order valence-corrected chi connectivity index (χ1v) is 11.5. The monoisotopic (exact) mass is 519 g/mol. The molecule has 2 unspecified atom stereocenters. The molecule has 1 saturated heterocycles. The highest BCUT2D eigenvalue weighted by molar-refractivity contribution is 7.17. The Morgan fingerprint density at radius 1 is 1.14 bits per heavy atom. The topological polar surface area (TPSA) is 107 Å². The molecule has 1 aliphatic heterocycles. The SMILES string of the molecule is O=C(CCNC1CCc2c1n[nH]c(=O)c2C(F)(F)F)N1CCN(c2ncc(C(F)(F)P)cn2)CC1. The van der Waals surface area contributed by atoms with Crippen LogP contribution in [0.3, 0.4) is 0 Å². The Kier molecular flexibility index (Phi) is 7.05. The van der Waals surface area contributed by atoms with Gasteiger partial charge in [-0.05, 0) is 18.4 Å². The summed E-state index contributed by atoms with van der Waals surface area (Å²) in [4.78, 5) is 35.6. The van der Waals surface area contributed by atoms with Crippen LogP contribution < -0.4 is 15.8 Å². The first kappa shape index (κ1) is 25.4. The minimum absolute atomic E-state index is 0.0758. The molecule has 2 N–H and O–H groups in total. The lowest BCUT2D eigenvalue weighted by molar-refractivity contribution is -0.139. The van der Waals surface area contributed by atoms with E-state index in [9.17, 15) is 31.5 Å². The van der Waals surface area contributed by atoms with Gasteiger partial charge >= 0.3 is 6.18 Å². The summed E-state index contributed by atoms with van der Waals surface area (Å²) in [5, 5.41) is 8.79. The maximum absolute atomic E-state index is 13.3. The summed E-state index contributed by atoms with van der Waals surface area (Å²) in [5.41, 5.74) is -5.82. The van der Waals surface area contributed by atoms with Gasteiger partial charge in [0.25, 0.3) is 11.2 Å². The van der Waals surface area contributed by atoms with Crippen molar-refractivity contribution >= 4 is 21.1 Å². The fourth-order valence-corrected chi connectivity index (χ4v) is 4.44. The van der Waals surface area contributed by atoms with Gasteiger partial charge in [-0.1, -0.05) is 9.24 Å². The molecule has 4 rings (SSSR count). The van der Waals surface area contributed by atoms with E-state index in [1.807, 2.05) is 5.10 Å². The maximum Gasteiger partial charge on any atom is 0.422 e. The number of nitrogens with zero attached hydrogens (tertiary/aromatic N) is 5. The van der Waals surface area contributed by atoms with E-state index in [2.05, 4.69) is 20.4 Å². The molecular weight excluding hydrogens is 496 g/mol. The van der Waals surface area contributed by atoms with Crippen LogP contribution >= 0.6 is 9.24 Å². The quantitative estimate of drug-likeness (QED) is 0.443. The van der Waals surface area contributed by atoms with E-state index < -0.39 is 29.0 Å². The number of aromatic amines is 1. The molecular formula is C20H23F5N7O2P. The highest BCUT2D eigenvalue weighted by Crippen LogP contribution is 2.37. The van der Waals surface area contributed by atoms with E-state index in [4.69, 9.17) is 0 Å². The summed E-state index contributed by atoms with van der Waals surface area (Å²) in [6.45, 7) is 1.90. The molecule has 1 aliphatic carbocycles. The van der Waals surface area contributed by atoms with Crippen LogP contribution in [0.1, 0.15) is 41.3 Å². The Morgan fingerprint density at radius 3 is 2.40 bits per heavy atom. The second-order valence-corrected chi connectivity index (χ2v) is 9.07. The zero-order valence-corrected chi connectivity index (χ0v) is 19.6. The predicted octanol–water partition coefficient (Wildman–Crippen LogP) is 1.82. The van der Waals surface area contributed by atoms with E-state index in [1.165, 1.54) is 9.24 Å². The average Bonchev–Trinajstić information content (AvgIpc) is 3.20. The van der Waals surface area contributed by atoms with Crippen molar-refractivity contribution in [2.45, 2.75) is 37.1 Å². The van der Waals surface area contributed by atoms with Crippen LogP contribution in [0.25, 0.3) is 0 Å². The molecule has 0 aromatic carbocycles. The molecule has 1 fully saturated rings. The number of rotatable bonds is 6. The minimum Gasteiger partial charge on any atom is -0.339 e. The Bertz CT molecular complexity index is 1130. The highest BCUT2D eigenvalue weighted by atomic mass is 31.0. The van der Waals surface area contributed by atoms with Crippen molar-refractivity contribution in [1.82, 2.24) is 30.4 Å². The van der Waals surface area contributed by atoms with Crippen molar-refractivity contribution in [1.29, 1.82) is 0 Å². The smallest absolute Gasteiger partial charge is 0.339 e. The summed E-state index contributed by atoms with van der Waals surface area (Å²) in [7, 11) is 1.43. The van der Waals surface area contributed by atoms with Crippen molar-refractivity contribution < 1.29 is 26.7 Å². The number of alkyl halides is 5. The third-order valence-corrected chi connectivity index (χ3v) is 6.41. The van der Waals surface area contributed by atoms with Gasteiger partial charge in [-0.2, -0.15) is 27.1 Å². The first-order chi connectivity index (χ1) is 16.4. The largest absolute Gasteiger partial charge is 0.422 e. The third-order valence-electron chi connectivity index (χ3n) is 6.08. The van der Waals surface area contributed by atoms with Crippen molar-refractivity contribution in [3.8, 4) is 0 Å². The Morgan fingerprint density at radius 2 is 1.80 bits per heavy atom. The first-order valence-electron chi connectivity index (χ1n) is 10.9. The number of anilines is 1. The standard InChI is InChI=1S/C20H23F5N7O2P/c21-19(22,23)15-12-1-2-13(16(12)29-30-17(15)34)26-4-3-14(33)31-5-7-32(8-6-31)18-27-9-11(10-28-18)20(24,25)35/h9-10,13,26H,1-8,35H2,(H,30,34). The van der Waals surface area contributed by atoms with Gasteiger partial charge in [0.15, 0.2) is 0 Å². The van der Waals surface area contributed by atoms with E-state index >= 15 is 0 Å². The van der Waals surface area contributed by atoms with Gasteiger partial charge < -0.3 is 15.1 Å². The number of carbonyl (C=O) groups excluding carboxylic acids is 1. The summed E-state index contributed by atoms with van der Waals surface area (Å²) in [6, 6.07) is -0.485. The Hall–Kier alpha value is -2.73. The highest BCUT2D eigenvalue weighted by Gasteiger charge is 2.41. The minimum atomic E-state index is -4.76. The van der Waals surface area contributed by atoms with Gasteiger partial charge in [-0.25, -0.2) is 15.1 Å². The number of halogens is 5. The summed E-state index contributed by atoms with van der Waals surface area (Å²) in [5.74, 6) is 0.181. The van der Waals surface area contributed by atoms with Gasteiger partial charge in [0.05, 0.1) is 17.3 Å². The molecule has 190 valence electrons. The van der Waals surface area contributed by atoms with Gasteiger partial charge in [-0.15, -0.1) is 0 Å². The second kappa shape index (κ2) is 9.73. The number of carbonyl (C=O) groups is 1. The van der Waals surface area contributed by atoms with Crippen LogP contribution in [0.15, 0.2) is 17.2 Å². The lowest BCUT2D eigenvalue weighted by atomic mass is 10.1. The maximum atomic E-state index is 13.3. The molecule has 1 amide bonds. The van der Waals surface area contributed by atoms with E-state index in [0.29, 0.717) is 38.5 Å². The molecule has 2 aromatic rings. The molecule has 0 saturated carbocycles. The van der Waals surface area contributed by atoms with E-state index in [0.717, 1.165) is 12.4 Å². The van der Waals surface area contributed by atoms with Crippen molar-refractivity contribution in [2.75, 3.05) is 37.6 Å². The number of hydrogen-bond donors (Lipinski definition) is 2. The lowest BCUT2D eigenvalue weighted by Gasteiger charge is -2.35. The number of aromatic nitrogens is 4. The second-order valence-electron chi connectivity index (χ2n) is 8.35. The van der Waals surface area contributed by atoms with Crippen LogP contribution in [0.2, 0.25) is 0 Å². The molecule has 35 heavy (non-hydrogen) atoms. The molecule has 0 radical (unpaired) electrons. The fraction of sp³-hybridized carbons (Fsp3) is 0.550. The number of nitrogens with one attached hydrogen (secondary N) is 2. The number of hydrogen-bond acceptors (Lipinski definition) is 7. The van der Waals surface area contributed by atoms with Crippen molar-refractivity contribution in [3.63, 3.8) is 0 Å². The zero-order valence-electron chi connectivity index (χ0n) is 18.4. The van der Waals surface area contributed by atoms with Crippen LogP contribution in [-0.2, 0) is 23.1 Å². The number of amides is 1. The number of H-pyrrole nitrogens is 1. The van der Waals surface area contributed by atoms with Crippen LogP contribution in [0.4, 0.5) is 27.9 Å². The van der Waals surface area contributed by atoms with Crippen LogP contribution in [0, 0.1) is 0 Å². The van der Waals surface area contributed by atoms with Gasteiger partial charge in [0, 0.05) is 51.5 Å². The Labute approximate surface area is 198 Å². The predicted molar refractivity (Wildman–Crippen MR) is 118 cm³/mol.